The lowest BCUT2D eigenvalue weighted by atomic mass is 9.52. The average molecular weight is 472 g/mol. The van der Waals surface area contributed by atoms with Gasteiger partial charge < -0.3 is 15.2 Å². The summed E-state index contributed by atoms with van der Waals surface area (Å²) in [6.45, 7) is -3.13. The van der Waals surface area contributed by atoms with Gasteiger partial charge in [-0.05, 0) is 55.4 Å². The van der Waals surface area contributed by atoms with Crippen LogP contribution in [-0.2, 0) is 4.79 Å². The van der Waals surface area contributed by atoms with E-state index in [-0.39, 0.29) is 47.2 Å². The molecule has 34 heavy (non-hydrogen) atoms. The number of ether oxygens (including phenoxy) is 2. The van der Waals surface area contributed by atoms with Crippen LogP contribution in [0, 0.1) is 5.41 Å². The van der Waals surface area contributed by atoms with Gasteiger partial charge in [0.2, 0.25) is 5.88 Å². The van der Waals surface area contributed by atoms with Crippen LogP contribution in [0.25, 0.3) is 0 Å². The van der Waals surface area contributed by atoms with Crippen molar-refractivity contribution >= 4 is 23.5 Å². The van der Waals surface area contributed by atoms with Gasteiger partial charge in [0.25, 0.3) is 11.8 Å². The number of pyridine rings is 1. The maximum atomic E-state index is 13.0. The van der Waals surface area contributed by atoms with Crippen molar-refractivity contribution in [2.45, 2.75) is 44.4 Å². The quantitative estimate of drug-likeness (QED) is 0.620. The summed E-state index contributed by atoms with van der Waals surface area (Å²) in [5.41, 5.74) is 5.90. The highest BCUT2D eigenvalue weighted by Crippen LogP contribution is 2.58. The summed E-state index contributed by atoms with van der Waals surface area (Å²) in [4.78, 5) is 43.8. The molecule has 1 saturated heterocycles. The molecule has 2 heterocycles. The molecule has 0 bridgehead atoms. The number of hydrogen-bond donors (Lipinski definition) is 1. The summed E-state index contributed by atoms with van der Waals surface area (Å²) in [6, 6.07) is 8.22. The number of carbonyl (C=O) groups excluding carboxylic acids is 3. The first kappa shape index (κ1) is 22.1. The van der Waals surface area contributed by atoms with Gasteiger partial charge in [0.05, 0.1) is 0 Å². The largest absolute Gasteiger partial charge is 0.474 e. The number of anilines is 1. The molecule has 0 unspecified atom stereocenters. The van der Waals surface area contributed by atoms with E-state index in [2.05, 4.69) is 9.72 Å². The number of urea groups is 1. The number of primary amides is 1. The number of imide groups is 1. The fourth-order valence-corrected chi connectivity index (χ4v) is 5.18. The Labute approximate surface area is 193 Å². The maximum absolute atomic E-state index is 13.0. The summed E-state index contributed by atoms with van der Waals surface area (Å²) < 4.78 is 35.3. The first-order valence-electron chi connectivity index (χ1n) is 10.8. The van der Waals surface area contributed by atoms with Crippen LogP contribution in [0.3, 0.4) is 0 Å². The molecule has 1 aromatic heterocycles. The van der Waals surface area contributed by atoms with Crippen LogP contribution in [0.15, 0.2) is 42.6 Å². The molecule has 2 aromatic rings. The number of halogens is 2. The summed E-state index contributed by atoms with van der Waals surface area (Å²) >= 11 is 0. The third-order valence-corrected chi connectivity index (χ3v) is 6.69. The van der Waals surface area contributed by atoms with Crippen LogP contribution >= 0.6 is 0 Å². The Balaban J connectivity index is 1.18. The predicted octanol–water partition coefficient (Wildman–Crippen LogP) is 2.94. The van der Waals surface area contributed by atoms with E-state index in [1.165, 1.54) is 34.2 Å². The SMILES string of the molecule is NC(=O)c1cccnc1O[C@H]1CC2(C1)C[C@H](N1C(=O)CN(c3cccc(OC(F)F)c3)C1=O)C2. The topological polar surface area (TPSA) is 115 Å². The highest BCUT2D eigenvalue weighted by Gasteiger charge is 2.58. The Morgan fingerprint density at radius 1 is 1.15 bits per heavy atom. The van der Waals surface area contributed by atoms with Crippen molar-refractivity contribution in [3.63, 3.8) is 0 Å². The Morgan fingerprint density at radius 3 is 2.62 bits per heavy atom. The number of rotatable bonds is 7. The molecule has 1 spiro atoms. The van der Waals surface area contributed by atoms with E-state index in [4.69, 9.17) is 10.5 Å². The highest BCUT2D eigenvalue weighted by atomic mass is 19.3. The number of hydrogen-bond acceptors (Lipinski definition) is 6. The minimum Gasteiger partial charge on any atom is -0.474 e. The first-order valence-corrected chi connectivity index (χ1v) is 10.8. The zero-order valence-electron chi connectivity index (χ0n) is 18.0. The van der Waals surface area contributed by atoms with Crippen LogP contribution in [0.2, 0.25) is 0 Å². The molecular weight excluding hydrogens is 450 g/mol. The number of amides is 4. The summed E-state index contributed by atoms with van der Waals surface area (Å²) in [5.74, 6) is -0.800. The predicted molar refractivity (Wildman–Crippen MR) is 115 cm³/mol. The molecule has 0 radical (unpaired) electrons. The summed E-state index contributed by atoms with van der Waals surface area (Å²) in [7, 11) is 0. The van der Waals surface area contributed by atoms with Gasteiger partial charge in [0, 0.05) is 24.0 Å². The molecule has 3 fully saturated rings. The maximum Gasteiger partial charge on any atom is 0.387 e. The van der Waals surface area contributed by atoms with Gasteiger partial charge >= 0.3 is 12.6 Å². The Bertz CT molecular complexity index is 1150. The lowest BCUT2D eigenvalue weighted by Crippen LogP contribution is -2.60. The number of alkyl halides is 2. The molecule has 2 aliphatic carbocycles. The molecule has 178 valence electrons. The van der Waals surface area contributed by atoms with Gasteiger partial charge in [0.1, 0.15) is 24.0 Å². The first-order chi connectivity index (χ1) is 16.2. The Hall–Kier alpha value is -3.76. The van der Waals surface area contributed by atoms with Crippen LogP contribution < -0.4 is 20.1 Å². The van der Waals surface area contributed by atoms with Gasteiger partial charge in [-0.2, -0.15) is 8.78 Å². The van der Waals surface area contributed by atoms with Gasteiger partial charge in [-0.15, -0.1) is 0 Å². The fraction of sp³-hybridized carbons (Fsp3) is 0.391. The normalized spacial score (nSPS) is 26.0. The van der Waals surface area contributed by atoms with Crippen molar-refractivity contribution in [2.24, 2.45) is 11.1 Å². The van der Waals surface area contributed by atoms with Crippen molar-refractivity contribution in [3.05, 3.63) is 48.2 Å². The minimum absolute atomic E-state index is 0.0179. The standard InChI is InChI=1S/C23H22F2N4O5/c24-21(25)34-15-4-1-3-13(7-15)28-12-18(30)29(22(28)32)14-8-23(9-14)10-16(11-23)33-20-17(19(26)31)5-2-6-27-20/h1-7,14,16,21H,8-12H2,(H2,26,31)/t14-,16-,23?. The van der Waals surface area contributed by atoms with Crippen molar-refractivity contribution in [3.8, 4) is 11.6 Å². The van der Waals surface area contributed by atoms with Crippen LogP contribution in [0.5, 0.6) is 11.6 Å². The van der Waals surface area contributed by atoms with E-state index in [1.54, 1.807) is 18.2 Å². The van der Waals surface area contributed by atoms with Crippen LogP contribution in [0.1, 0.15) is 36.0 Å². The minimum atomic E-state index is -2.98. The van der Waals surface area contributed by atoms with Crippen LogP contribution in [0.4, 0.5) is 19.3 Å². The van der Waals surface area contributed by atoms with E-state index in [9.17, 15) is 23.2 Å². The molecule has 1 aliphatic heterocycles. The second-order valence-corrected chi connectivity index (χ2v) is 8.94. The van der Waals surface area contributed by atoms with E-state index < -0.39 is 18.5 Å². The van der Waals surface area contributed by atoms with E-state index >= 15 is 0 Å². The highest BCUT2D eigenvalue weighted by molar-refractivity contribution is 6.12. The van der Waals surface area contributed by atoms with E-state index in [1.807, 2.05) is 0 Å². The van der Waals surface area contributed by atoms with E-state index in [0.29, 0.717) is 18.5 Å². The number of nitrogens with two attached hydrogens (primary N) is 1. The van der Waals surface area contributed by atoms with Crippen molar-refractivity contribution in [1.29, 1.82) is 0 Å². The zero-order valence-corrected chi connectivity index (χ0v) is 18.0. The molecule has 1 aromatic carbocycles. The molecule has 11 heteroatoms. The third kappa shape index (κ3) is 3.91. The van der Waals surface area contributed by atoms with Gasteiger partial charge in [0.15, 0.2) is 0 Å². The number of aromatic nitrogens is 1. The number of benzene rings is 1. The Morgan fingerprint density at radius 2 is 1.91 bits per heavy atom. The number of carbonyl (C=O) groups is 3. The van der Waals surface area contributed by atoms with Crippen LogP contribution in [-0.4, -0.2) is 53.0 Å². The third-order valence-electron chi connectivity index (χ3n) is 6.69. The molecule has 0 atom stereocenters. The molecule has 4 amide bonds. The second kappa shape index (κ2) is 8.23. The smallest absolute Gasteiger partial charge is 0.387 e. The van der Waals surface area contributed by atoms with E-state index in [0.717, 1.165) is 12.8 Å². The lowest BCUT2D eigenvalue weighted by molar-refractivity contribution is -0.138. The van der Waals surface area contributed by atoms with Gasteiger partial charge in [-0.25, -0.2) is 9.78 Å². The monoisotopic (exact) mass is 472 g/mol. The van der Waals surface area contributed by atoms with Crippen molar-refractivity contribution < 1.29 is 32.6 Å². The Kier molecular flexibility index (Phi) is 5.34. The van der Waals surface area contributed by atoms with Crippen molar-refractivity contribution in [1.82, 2.24) is 9.88 Å². The molecule has 3 aliphatic rings. The fourth-order valence-electron chi connectivity index (χ4n) is 5.18. The molecular formula is C23H22F2N4O5. The number of nitrogens with zero attached hydrogens (tertiary/aromatic N) is 3. The van der Waals surface area contributed by atoms with Gasteiger partial charge in [-0.1, -0.05) is 6.07 Å². The molecule has 9 nitrogen and oxygen atoms in total. The second-order valence-electron chi connectivity index (χ2n) is 8.94. The summed E-state index contributed by atoms with van der Waals surface area (Å²) in [5, 5.41) is 0. The summed E-state index contributed by atoms with van der Waals surface area (Å²) in [6.07, 6.45) is 4.19. The van der Waals surface area contributed by atoms with Crippen molar-refractivity contribution in [2.75, 3.05) is 11.4 Å². The lowest BCUT2D eigenvalue weighted by Gasteiger charge is -2.58. The average Bonchev–Trinajstić information content (AvgIpc) is 3.03. The zero-order chi connectivity index (χ0) is 24.0. The molecule has 2 saturated carbocycles. The molecule has 5 rings (SSSR count). The molecule has 2 N–H and O–H groups in total. The van der Waals surface area contributed by atoms with Gasteiger partial charge in [-0.3, -0.25) is 19.4 Å².